The lowest BCUT2D eigenvalue weighted by Gasteiger charge is -2.72. The summed E-state index contributed by atoms with van der Waals surface area (Å²) in [5, 5.41) is 3.97. The Morgan fingerprint density at radius 1 is 0.912 bits per heavy atom. The van der Waals surface area contributed by atoms with E-state index in [4.69, 9.17) is 0 Å². The SMILES string of the molecule is C=C(C)[C@@H]1CC[C@]2(CNCCCN3CCS(=O)(=O)CC3)CC[C@]3(C)[C@H](CC[C@@H]4[C@@]5(C)CC=C(c6ccc(C(=O)NS(=O)(=O)N(C)C)cc6)C(C)(C)[C@@H]5CC[C@]43C)[C@@H]12. The lowest BCUT2D eigenvalue weighted by atomic mass is 9.32. The van der Waals surface area contributed by atoms with Crippen molar-refractivity contribution in [3.8, 4) is 0 Å². The highest BCUT2D eigenvalue weighted by molar-refractivity contribution is 7.91. The quantitative estimate of drug-likeness (QED) is 0.175. The predicted molar refractivity (Wildman–Crippen MR) is 231 cm³/mol. The van der Waals surface area contributed by atoms with E-state index in [0.29, 0.717) is 65.2 Å². The first kappa shape index (κ1) is 43.1. The van der Waals surface area contributed by atoms with E-state index in [0.717, 1.165) is 42.3 Å². The number of hydrogen-bond acceptors (Lipinski definition) is 7. The molecule has 6 aliphatic rings. The van der Waals surface area contributed by atoms with Crippen molar-refractivity contribution in [1.82, 2.24) is 19.2 Å². The van der Waals surface area contributed by atoms with Crippen LogP contribution < -0.4 is 10.0 Å². The van der Waals surface area contributed by atoms with Crippen molar-refractivity contribution >= 4 is 31.5 Å². The fourth-order valence-electron chi connectivity index (χ4n) is 14.5. The van der Waals surface area contributed by atoms with Gasteiger partial charge in [0.1, 0.15) is 0 Å². The van der Waals surface area contributed by atoms with Crippen LogP contribution in [0, 0.1) is 56.7 Å². The molecule has 1 aliphatic heterocycles. The molecule has 11 heteroatoms. The Morgan fingerprint density at radius 3 is 2.25 bits per heavy atom. The van der Waals surface area contributed by atoms with Gasteiger partial charge < -0.3 is 10.2 Å². The number of allylic oxidation sites excluding steroid dienone is 3. The number of fused-ring (bicyclic) bond motifs is 7. The van der Waals surface area contributed by atoms with Gasteiger partial charge in [-0.25, -0.2) is 13.1 Å². The van der Waals surface area contributed by atoms with Crippen LogP contribution in [0.3, 0.4) is 0 Å². The van der Waals surface area contributed by atoms with Gasteiger partial charge in [-0.3, -0.25) is 4.79 Å². The second-order valence-electron chi connectivity index (χ2n) is 20.9. The highest BCUT2D eigenvalue weighted by Crippen LogP contribution is 2.77. The van der Waals surface area contributed by atoms with Crippen molar-refractivity contribution in [1.29, 1.82) is 0 Å². The van der Waals surface area contributed by atoms with Gasteiger partial charge >= 0.3 is 10.2 Å². The Balaban J connectivity index is 1.07. The molecule has 57 heavy (non-hydrogen) atoms. The molecule has 1 saturated heterocycles. The fraction of sp³-hybridized carbons (Fsp3) is 0.761. The van der Waals surface area contributed by atoms with E-state index in [9.17, 15) is 21.6 Å². The van der Waals surface area contributed by atoms with Crippen molar-refractivity contribution < 1.29 is 21.6 Å². The minimum Gasteiger partial charge on any atom is -0.316 e. The summed E-state index contributed by atoms with van der Waals surface area (Å²) >= 11 is 0. The number of carbonyl (C=O) groups is 1. The van der Waals surface area contributed by atoms with Crippen LogP contribution >= 0.6 is 0 Å². The first-order chi connectivity index (χ1) is 26.6. The number of hydrogen-bond donors (Lipinski definition) is 2. The van der Waals surface area contributed by atoms with Gasteiger partial charge in [-0.1, -0.05) is 65.0 Å². The van der Waals surface area contributed by atoms with E-state index in [1.807, 2.05) is 12.1 Å². The van der Waals surface area contributed by atoms with E-state index in [2.05, 4.69) is 69.1 Å². The standard InChI is InChI=1S/C46H72N4O5S2/c1-32(2)35-17-22-46(31-47-25-10-26-50-27-29-56(52,53)30-28-50)24-23-44(6)37(40(35)46)15-16-39-43(5)20-18-36(42(3,4)38(43)19-21-45(39,44)7)33-11-13-34(14-12-33)41(51)48-57(54,55)49(8)9/h11-14,18,35,37-40,47H,1,10,15-17,19-31H2,2-9H3,(H,48,51)/t35-,37+,38-,39+,40+,43-,44+,45+,46+/m0/s1. The molecule has 318 valence electrons. The summed E-state index contributed by atoms with van der Waals surface area (Å²) in [6.07, 6.45) is 14.8. The molecule has 1 heterocycles. The van der Waals surface area contributed by atoms with E-state index in [-0.39, 0.29) is 21.7 Å². The van der Waals surface area contributed by atoms with Gasteiger partial charge in [-0.2, -0.15) is 12.7 Å². The third kappa shape index (κ3) is 7.33. The Kier molecular flexibility index (Phi) is 11.4. The predicted octanol–water partition coefficient (Wildman–Crippen LogP) is 7.58. The van der Waals surface area contributed by atoms with Gasteiger partial charge in [0, 0.05) is 39.3 Å². The highest BCUT2D eigenvalue weighted by Gasteiger charge is 2.70. The maximum absolute atomic E-state index is 12.8. The molecule has 7 rings (SSSR count). The summed E-state index contributed by atoms with van der Waals surface area (Å²) in [5.74, 6) is 3.11. The zero-order chi connectivity index (χ0) is 41.4. The van der Waals surface area contributed by atoms with Crippen LogP contribution in [-0.4, -0.2) is 90.3 Å². The van der Waals surface area contributed by atoms with Crippen LogP contribution in [0.25, 0.3) is 5.57 Å². The monoisotopic (exact) mass is 824 g/mol. The first-order valence-electron chi connectivity index (χ1n) is 21.9. The van der Waals surface area contributed by atoms with E-state index in [1.54, 1.807) is 12.1 Å². The molecular formula is C46H72N4O5S2. The number of carbonyl (C=O) groups excluding carboxylic acids is 1. The smallest absolute Gasteiger partial charge is 0.303 e. The lowest BCUT2D eigenvalue weighted by molar-refractivity contribution is -0.225. The Labute approximate surface area is 345 Å². The van der Waals surface area contributed by atoms with Crippen LogP contribution in [0.1, 0.15) is 122 Å². The summed E-state index contributed by atoms with van der Waals surface area (Å²) in [4.78, 5) is 15.1. The zero-order valence-corrected chi connectivity index (χ0v) is 37.9. The fourth-order valence-corrected chi connectivity index (χ4v) is 16.3. The summed E-state index contributed by atoms with van der Waals surface area (Å²) in [6.45, 7) is 24.2. The molecule has 5 fully saturated rings. The minimum atomic E-state index is -3.87. The zero-order valence-electron chi connectivity index (χ0n) is 36.3. The highest BCUT2D eigenvalue weighted by atomic mass is 32.2. The summed E-state index contributed by atoms with van der Waals surface area (Å²) in [5.41, 5.74) is 5.15. The van der Waals surface area contributed by atoms with E-state index >= 15 is 0 Å². The molecule has 0 bridgehead atoms. The molecule has 0 unspecified atom stereocenters. The molecule has 2 N–H and O–H groups in total. The van der Waals surface area contributed by atoms with Crippen molar-refractivity contribution in [3.63, 3.8) is 0 Å². The van der Waals surface area contributed by atoms with Crippen molar-refractivity contribution in [3.05, 3.63) is 53.6 Å². The maximum Gasteiger partial charge on any atom is 0.303 e. The largest absolute Gasteiger partial charge is 0.316 e. The number of amides is 1. The molecule has 9 nitrogen and oxygen atoms in total. The van der Waals surface area contributed by atoms with Crippen LogP contribution in [-0.2, 0) is 20.0 Å². The second-order valence-corrected chi connectivity index (χ2v) is 25.1. The van der Waals surface area contributed by atoms with Gasteiger partial charge in [0.15, 0.2) is 9.84 Å². The molecule has 0 aromatic heterocycles. The van der Waals surface area contributed by atoms with Crippen LogP contribution in [0.4, 0.5) is 0 Å². The number of nitrogens with one attached hydrogen (secondary N) is 2. The summed E-state index contributed by atoms with van der Waals surface area (Å²) in [6, 6.07) is 7.51. The van der Waals surface area contributed by atoms with E-state index < -0.39 is 26.0 Å². The number of benzene rings is 1. The molecule has 5 aliphatic carbocycles. The molecule has 0 spiro atoms. The minimum absolute atomic E-state index is 0.0558. The van der Waals surface area contributed by atoms with Gasteiger partial charge in [0.2, 0.25) is 0 Å². The number of sulfone groups is 1. The Morgan fingerprint density at radius 2 is 1.60 bits per heavy atom. The van der Waals surface area contributed by atoms with Crippen molar-refractivity contribution in [2.45, 2.75) is 106 Å². The van der Waals surface area contributed by atoms with Crippen LogP contribution in [0.15, 0.2) is 42.5 Å². The summed E-state index contributed by atoms with van der Waals surface area (Å²) in [7, 11) is -3.91. The van der Waals surface area contributed by atoms with Gasteiger partial charge in [-0.05, 0) is 164 Å². The maximum atomic E-state index is 12.8. The molecule has 1 aromatic carbocycles. The molecule has 0 radical (unpaired) electrons. The van der Waals surface area contributed by atoms with E-state index in [1.165, 1.54) is 76.6 Å². The molecule has 9 atom stereocenters. The molecule has 1 aromatic rings. The third-order valence-electron chi connectivity index (χ3n) is 17.7. The number of rotatable bonds is 11. The third-order valence-corrected chi connectivity index (χ3v) is 20.7. The van der Waals surface area contributed by atoms with Crippen molar-refractivity contribution in [2.75, 3.05) is 58.3 Å². The van der Waals surface area contributed by atoms with Gasteiger partial charge in [-0.15, -0.1) is 0 Å². The van der Waals surface area contributed by atoms with Gasteiger partial charge in [0.25, 0.3) is 5.91 Å². The normalized spacial score (nSPS) is 38.6. The Hall–Kier alpha value is -2.05. The van der Waals surface area contributed by atoms with Crippen molar-refractivity contribution in [2.24, 2.45) is 56.7 Å². The second kappa shape index (κ2) is 15.1. The number of nitrogens with zero attached hydrogens (tertiary/aromatic N) is 2. The topological polar surface area (TPSA) is 116 Å². The first-order valence-corrected chi connectivity index (χ1v) is 25.2. The van der Waals surface area contributed by atoms with Gasteiger partial charge in [0.05, 0.1) is 11.5 Å². The Bertz CT molecular complexity index is 1960. The molecule has 1 amide bonds. The average molecular weight is 825 g/mol. The van der Waals surface area contributed by atoms with Crippen LogP contribution in [0.2, 0.25) is 0 Å². The average Bonchev–Trinajstić information content (AvgIpc) is 3.52. The molecular weight excluding hydrogens is 753 g/mol. The lowest BCUT2D eigenvalue weighted by Crippen LogP contribution is -2.65. The van der Waals surface area contributed by atoms with Crippen LogP contribution in [0.5, 0.6) is 0 Å². The summed E-state index contributed by atoms with van der Waals surface area (Å²) < 4.78 is 51.5. The molecule has 4 saturated carbocycles.